The van der Waals surface area contributed by atoms with Crippen molar-refractivity contribution < 1.29 is 0 Å². The van der Waals surface area contributed by atoms with Crippen molar-refractivity contribution in [1.29, 1.82) is 0 Å². The predicted molar refractivity (Wildman–Crippen MR) is 224 cm³/mol. The van der Waals surface area contributed by atoms with E-state index >= 15 is 0 Å². The highest BCUT2D eigenvalue weighted by Gasteiger charge is 2.35. The van der Waals surface area contributed by atoms with Crippen LogP contribution in [0.4, 0.5) is 0 Å². The Bertz CT molecular complexity index is 2480. The average molecular weight is 684 g/mol. The minimum atomic E-state index is -0.0535. The summed E-state index contributed by atoms with van der Waals surface area (Å²) in [6, 6.07) is 54.2. The van der Waals surface area contributed by atoms with Crippen molar-refractivity contribution in [1.82, 2.24) is 9.97 Å². The highest BCUT2D eigenvalue weighted by molar-refractivity contribution is 5.87. The Morgan fingerprint density at radius 1 is 0.509 bits per heavy atom. The van der Waals surface area contributed by atoms with Crippen molar-refractivity contribution in [3.05, 3.63) is 186 Å². The zero-order chi connectivity index (χ0) is 36.5. The van der Waals surface area contributed by atoms with E-state index in [2.05, 4.69) is 178 Å². The summed E-state index contributed by atoms with van der Waals surface area (Å²) in [5.41, 5.74) is 17.9. The van der Waals surface area contributed by atoms with Gasteiger partial charge in [-0.05, 0) is 113 Å². The number of fused-ring (bicyclic) bond motifs is 3. The third-order valence-corrected chi connectivity index (χ3v) is 10.5. The number of aromatic nitrogens is 2. The van der Waals surface area contributed by atoms with Gasteiger partial charge in [0.05, 0.1) is 11.4 Å². The van der Waals surface area contributed by atoms with Crippen LogP contribution in [0, 0.1) is 0 Å². The summed E-state index contributed by atoms with van der Waals surface area (Å²) >= 11 is 0. The molecule has 8 rings (SSSR count). The molecule has 0 saturated carbocycles. The third kappa shape index (κ3) is 6.58. The van der Waals surface area contributed by atoms with Crippen LogP contribution < -0.4 is 0 Å². The van der Waals surface area contributed by atoms with Gasteiger partial charge < -0.3 is 0 Å². The molecule has 7 aromatic rings. The largest absolute Gasteiger partial charge is 0.269 e. The van der Waals surface area contributed by atoms with Crippen LogP contribution in [-0.4, -0.2) is 16.7 Å². The Morgan fingerprint density at radius 2 is 1.06 bits per heavy atom. The van der Waals surface area contributed by atoms with E-state index in [0.717, 1.165) is 67.2 Å². The van der Waals surface area contributed by atoms with Gasteiger partial charge in [0.1, 0.15) is 0 Å². The lowest BCUT2D eigenvalue weighted by molar-refractivity contribution is 0.660. The number of hydrogen-bond acceptors (Lipinski definition) is 3. The molecule has 256 valence electrons. The molecule has 1 heterocycles. The van der Waals surface area contributed by atoms with Crippen molar-refractivity contribution in [3.8, 4) is 67.3 Å². The van der Waals surface area contributed by atoms with Crippen molar-refractivity contribution in [2.75, 3.05) is 0 Å². The molecule has 6 aromatic carbocycles. The van der Waals surface area contributed by atoms with Gasteiger partial charge in [0.2, 0.25) is 0 Å². The summed E-state index contributed by atoms with van der Waals surface area (Å²) in [5.74, 6) is 0.689. The van der Waals surface area contributed by atoms with Gasteiger partial charge in [-0.15, -0.1) is 0 Å². The smallest absolute Gasteiger partial charge is 0.160 e. The van der Waals surface area contributed by atoms with E-state index in [1.807, 2.05) is 25.1 Å². The quantitative estimate of drug-likeness (QED) is 0.118. The topological polar surface area (TPSA) is 38.1 Å². The monoisotopic (exact) mass is 683 g/mol. The second-order valence-electron chi connectivity index (χ2n) is 14.3. The minimum Gasteiger partial charge on any atom is -0.269 e. The standard InChI is InChI=1S/C50H41N3/c1-33(20-21-34(2)51-5)35-22-24-36(25-23-35)40-28-41(39-26-27-46-44(31-39)43-18-12-13-19-45(43)50(46,3)4)30-42(29-40)49-52-47(37-14-8-6-9-15-37)32-48(53-49)38-16-10-7-11-17-38/h6-32H,5H2,1-4H3/b33-20+,34-21-. The number of benzene rings is 6. The molecule has 3 heteroatoms. The fourth-order valence-electron chi connectivity index (χ4n) is 7.40. The van der Waals surface area contributed by atoms with Gasteiger partial charge >= 0.3 is 0 Å². The van der Waals surface area contributed by atoms with Crippen molar-refractivity contribution in [3.63, 3.8) is 0 Å². The molecule has 3 nitrogen and oxygen atoms in total. The van der Waals surface area contributed by atoms with E-state index in [-0.39, 0.29) is 5.41 Å². The first kappa shape index (κ1) is 33.7. The Kier molecular flexibility index (Phi) is 8.85. The molecule has 0 saturated heterocycles. The SMILES string of the molecule is C=N/C(C)=C\C=C(/C)c1ccc(-c2cc(-c3ccc4c(c3)-c3ccccc3C4(C)C)cc(-c3nc(-c4ccccc4)cc(-c4ccccc4)n3)c2)cc1. The number of aliphatic imine (C=N–C) groups is 1. The minimum absolute atomic E-state index is 0.0535. The maximum absolute atomic E-state index is 5.22. The molecule has 0 N–H and O–H groups in total. The molecule has 0 radical (unpaired) electrons. The summed E-state index contributed by atoms with van der Waals surface area (Å²) in [5, 5.41) is 0. The van der Waals surface area contributed by atoms with E-state index in [4.69, 9.17) is 9.97 Å². The van der Waals surface area contributed by atoms with Crippen LogP contribution in [0.2, 0.25) is 0 Å². The third-order valence-electron chi connectivity index (χ3n) is 10.5. The highest BCUT2D eigenvalue weighted by atomic mass is 14.9. The lowest BCUT2D eigenvalue weighted by Gasteiger charge is -2.21. The lowest BCUT2D eigenvalue weighted by atomic mass is 9.82. The highest BCUT2D eigenvalue weighted by Crippen LogP contribution is 2.49. The van der Waals surface area contributed by atoms with Crippen LogP contribution in [0.1, 0.15) is 44.4 Å². The summed E-state index contributed by atoms with van der Waals surface area (Å²) in [6.45, 7) is 12.4. The van der Waals surface area contributed by atoms with Crippen molar-refractivity contribution in [2.24, 2.45) is 4.99 Å². The van der Waals surface area contributed by atoms with E-state index < -0.39 is 0 Å². The summed E-state index contributed by atoms with van der Waals surface area (Å²) in [4.78, 5) is 14.4. The fraction of sp³-hybridized carbons (Fsp3) is 0.100. The van der Waals surface area contributed by atoms with Gasteiger partial charge in [-0.2, -0.15) is 0 Å². The van der Waals surface area contributed by atoms with Gasteiger partial charge in [0.25, 0.3) is 0 Å². The fourth-order valence-corrected chi connectivity index (χ4v) is 7.40. The van der Waals surface area contributed by atoms with E-state index in [0.29, 0.717) is 5.82 Å². The molecule has 0 unspecified atom stereocenters. The molecule has 1 aliphatic carbocycles. The number of hydrogen-bond donors (Lipinski definition) is 0. The molecule has 1 aliphatic rings. The van der Waals surface area contributed by atoms with Gasteiger partial charge in [0.15, 0.2) is 5.82 Å². The van der Waals surface area contributed by atoms with Crippen LogP contribution in [-0.2, 0) is 5.41 Å². The molecule has 0 spiro atoms. The van der Waals surface area contributed by atoms with E-state index in [1.54, 1.807) is 0 Å². The van der Waals surface area contributed by atoms with Gasteiger partial charge in [-0.25, -0.2) is 9.97 Å². The van der Waals surface area contributed by atoms with Crippen LogP contribution in [0.5, 0.6) is 0 Å². The number of allylic oxidation sites excluding steroid dienone is 4. The molecular weight excluding hydrogens is 643 g/mol. The molecule has 0 fully saturated rings. The van der Waals surface area contributed by atoms with Crippen molar-refractivity contribution >= 4 is 12.3 Å². The number of rotatable bonds is 8. The first-order valence-electron chi connectivity index (χ1n) is 18.1. The Hall–Kier alpha value is -6.45. The van der Waals surface area contributed by atoms with E-state index in [1.165, 1.54) is 22.3 Å². The van der Waals surface area contributed by atoms with Crippen LogP contribution in [0.3, 0.4) is 0 Å². The summed E-state index contributed by atoms with van der Waals surface area (Å²) in [6.07, 6.45) is 4.09. The molecule has 0 aliphatic heterocycles. The predicted octanol–water partition coefficient (Wildman–Crippen LogP) is 13.1. The van der Waals surface area contributed by atoms with Crippen LogP contribution in [0.15, 0.2) is 175 Å². The molecule has 0 atom stereocenters. The molecule has 1 aromatic heterocycles. The number of nitrogens with zero attached hydrogens (tertiary/aromatic N) is 3. The normalized spacial score (nSPS) is 13.4. The van der Waals surface area contributed by atoms with Gasteiger partial charge in [0, 0.05) is 27.8 Å². The van der Waals surface area contributed by atoms with Crippen molar-refractivity contribution in [2.45, 2.75) is 33.1 Å². The zero-order valence-corrected chi connectivity index (χ0v) is 30.6. The average Bonchev–Trinajstić information content (AvgIpc) is 3.45. The van der Waals surface area contributed by atoms with Crippen LogP contribution in [0.25, 0.3) is 72.9 Å². The first-order valence-corrected chi connectivity index (χ1v) is 18.1. The first-order chi connectivity index (χ1) is 25.8. The van der Waals surface area contributed by atoms with Gasteiger partial charge in [-0.3, -0.25) is 4.99 Å². The zero-order valence-electron chi connectivity index (χ0n) is 30.6. The maximum atomic E-state index is 5.22. The Labute approximate surface area is 312 Å². The maximum Gasteiger partial charge on any atom is 0.160 e. The molecule has 0 amide bonds. The Balaban J connectivity index is 1.31. The second kappa shape index (κ2) is 13.9. The molecule has 53 heavy (non-hydrogen) atoms. The van der Waals surface area contributed by atoms with Gasteiger partial charge in [-0.1, -0.05) is 141 Å². The lowest BCUT2D eigenvalue weighted by Crippen LogP contribution is -2.14. The molecule has 0 bridgehead atoms. The molecular formula is C50H41N3. The summed E-state index contributed by atoms with van der Waals surface area (Å²) < 4.78 is 0. The second-order valence-corrected chi connectivity index (χ2v) is 14.3. The summed E-state index contributed by atoms with van der Waals surface area (Å²) in [7, 11) is 0. The van der Waals surface area contributed by atoms with E-state index in [9.17, 15) is 0 Å². The van der Waals surface area contributed by atoms with Crippen LogP contribution >= 0.6 is 0 Å². The Morgan fingerprint density at radius 3 is 1.70 bits per heavy atom.